The van der Waals surface area contributed by atoms with Gasteiger partial charge >= 0.3 is 0 Å². The number of ether oxygens (including phenoxy) is 1. The highest BCUT2D eigenvalue weighted by atomic mass is 16.5. The number of nitrogens with two attached hydrogens (primary N) is 2. The highest BCUT2D eigenvalue weighted by Crippen LogP contribution is 2.30. The number of fused-ring (bicyclic) bond motifs is 1. The quantitative estimate of drug-likeness (QED) is 0.557. The van der Waals surface area contributed by atoms with E-state index < -0.39 is 6.04 Å². The standard InChI is InChI=1S/C9H10N2O2/c10-5-1-2-8-6(3-5)9(11)7(12)4-13-8/h1-3,9H,4,10-11H2. The Morgan fingerprint density at radius 1 is 1.46 bits per heavy atom. The molecule has 4 N–H and O–H groups in total. The van der Waals surface area contributed by atoms with Crippen LogP contribution in [0.2, 0.25) is 0 Å². The SMILES string of the molecule is Nc1ccc2c(c1)C(N)C(=O)CO2. The van der Waals surface area contributed by atoms with Crippen molar-refractivity contribution in [2.24, 2.45) is 5.73 Å². The lowest BCUT2D eigenvalue weighted by atomic mass is 10.00. The van der Waals surface area contributed by atoms with Gasteiger partial charge in [0.05, 0.1) is 6.04 Å². The molecule has 1 aromatic carbocycles. The Balaban J connectivity index is 2.51. The summed E-state index contributed by atoms with van der Waals surface area (Å²) in [4.78, 5) is 11.2. The van der Waals surface area contributed by atoms with Crippen molar-refractivity contribution in [2.75, 3.05) is 12.3 Å². The van der Waals surface area contributed by atoms with Crippen molar-refractivity contribution in [1.82, 2.24) is 0 Å². The first-order chi connectivity index (χ1) is 6.18. The predicted molar refractivity (Wildman–Crippen MR) is 48.3 cm³/mol. The third-order valence-corrected chi connectivity index (χ3v) is 2.09. The minimum absolute atomic E-state index is 0.0537. The Morgan fingerprint density at radius 3 is 3.00 bits per heavy atom. The zero-order chi connectivity index (χ0) is 9.42. The van der Waals surface area contributed by atoms with E-state index in [1.165, 1.54) is 0 Å². The topological polar surface area (TPSA) is 78.3 Å². The lowest BCUT2D eigenvalue weighted by Crippen LogP contribution is -2.31. The van der Waals surface area contributed by atoms with E-state index in [1.54, 1.807) is 18.2 Å². The Labute approximate surface area is 75.5 Å². The Kier molecular flexibility index (Phi) is 1.70. The fourth-order valence-corrected chi connectivity index (χ4v) is 1.35. The molecule has 1 aliphatic heterocycles. The van der Waals surface area contributed by atoms with E-state index in [4.69, 9.17) is 16.2 Å². The first-order valence-electron chi connectivity index (χ1n) is 3.99. The third-order valence-electron chi connectivity index (χ3n) is 2.09. The van der Waals surface area contributed by atoms with Crippen molar-refractivity contribution in [1.29, 1.82) is 0 Å². The number of ketones is 1. The number of hydrogen-bond acceptors (Lipinski definition) is 4. The average Bonchev–Trinajstić information content (AvgIpc) is 2.12. The van der Waals surface area contributed by atoms with E-state index in [2.05, 4.69) is 0 Å². The van der Waals surface area contributed by atoms with Crippen LogP contribution in [-0.2, 0) is 4.79 Å². The molecule has 0 saturated carbocycles. The first-order valence-corrected chi connectivity index (χ1v) is 3.99. The van der Waals surface area contributed by atoms with Gasteiger partial charge in [0, 0.05) is 11.3 Å². The number of anilines is 1. The van der Waals surface area contributed by atoms with Crippen LogP contribution in [0.15, 0.2) is 18.2 Å². The van der Waals surface area contributed by atoms with Gasteiger partial charge in [-0.1, -0.05) is 0 Å². The molecule has 4 nitrogen and oxygen atoms in total. The van der Waals surface area contributed by atoms with E-state index in [0.717, 1.165) is 0 Å². The second-order valence-electron chi connectivity index (χ2n) is 3.03. The smallest absolute Gasteiger partial charge is 0.191 e. The summed E-state index contributed by atoms with van der Waals surface area (Å²) in [6.45, 7) is 0.0537. The molecular weight excluding hydrogens is 168 g/mol. The van der Waals surface area contributed by atoms with E-state index >= 15 is 0 Å². The first kappa shape index (κ1) is 8.07. The molecule has 2 rings (SSSR count). The van der Waals surface area contributed by atoms with Crippen LogP contribution in [0.5, 0.6) is 5.75 Å². The molecule has 0 aliphatic carbocycles. The van der Waals surface area contributed by atoms with Gasteiger partial charge < -0.3 is 16.2 Å². The van der Waals surface area contributed by atoms with Gasteiger partial charge in [0.25, 0.3) is 0 Å². The van der Waals surface area contributed by atoms with Crippen molar-refractivity contribution in [3.63, 3.8) is 0 Å². The lowest BCUT2D eigenvalue weighted by molar-refractivity contribution is -0.123. The molecule has 1 aliphatic rings. The molecule has 1 aromatic rings. The van der Waals surface area contributed by atoms with Crippen LogP contribution in [-0.4, -0.2) is 12.4 Å². The number of hydrogen-bond donors (Lipinski definition) is 2. The van der Waals surface area contributed by atoms with Crippen molar-refractivity contribution >= 4 is 11.5 Å². The van der Waals surface area contributed by atoms with Crippen LogP contribution in [0.3, 0.4) is 0 Å². The summed E-state index contributed by atoms with van der Waals surface area (Å²) in [6.07, 6.45) is 0. The van der Waals surface area contributed by atoms with Crippen LogP contribution in [0.1, 0.15) is 11.6 Å². The van der Waals surface area contributed by atoms with Crippen LogP contribution in [0.25, 0.3) is 0 Å². The maximum Gasteiger partial charge on any atom is 0.191 e. The number of carbonyl (C=O) groups is 1. The maximum atomic E-state index is 11.2. The van der Waals surface area contributed by atoms with Crippen molar-refractivity contribution in [3.8, 4) is 5.75 Å². The fourth-order valence-electron chi connectivity index (χ4n) is 1.35. The molecule has 13 heavy (non-hydrogen) atoms. The maximum absolute atomic E-state index is 11.2. The molecule has 1 unspecified atom stereocenters. The third kappa shape index (κ3) is 1.25. The lowest BCUT2D eigenvalue weighted by Gasteiger charge is -2.21. The van der Waals surface area contributed by atoms with Gasteiger partial charge in [-0.25, -0.2) is 0 Å². The summed E-state index contributed by atoms with van der Waals surface area (Å²) < 4.78 is 5.18. The summed E-state index contributed by atoms with van der Waals surface area (Å²) >= 11 is 0. The molecule has 0 spiro atoms. The summed E-state index contributed by atoms with van der Waals surface area (Å²) in [6, 6.07) is 4.54. The van der Waals surface area contributed by atoms with Crippen LogP contribution in [0.4, 0.5) is 5.69 Å². The second-order valence-corrected chi connectivity index (χ2v) is 3.03. The van der Waals surface area contributed by atoms with Gasteiger partial charge in [-0.15, -0.1) is 0 Å². The molecule has 0 saturated heterocycles. The normalized spacial score (nSPS) is 20.7. The Bertz CT molecular complexity index is 363. The van der Waals surface area contributed by atoms with E-state index in [-0.39, 0.29) is 12.4 Å². The molecule has 0 bridgehead atoms. The molecule has 0 amide bonds. The Hall–Kier alpha value is -1.55. The van der Waals surface area contributed by atoms with Gasteiger partial charge in [0.15, 0.2) is 5.78 Å². The van der Waals surface area contributed by atoms with Gasteiger partial charge in [-0.3, -0.25) is 4.79 Å². The zero-order valence-electron chi connectivity index (χ0n) is 6.99. The molecule has 0 fully saturated rings. The van der Waals surface area contributed by atoms with Crippen molar-refractivity contribution < 1.29 is 9.53 Å². The number of Topliss-reactive ketones (excluding diaryl/α,β-unsaturated/α-hetero) is 1. The average molecular weight is 178 g/mol. The highest BCUT2D eigenvalue weighted by molar-refractivity contribution is 5.89. The van der Waals surface area contributed by atoms with Crippen LogP contribution in [0, 0.1) is 0 Å². The Morgan fingerprint density at radius 2 is 2.23 bits per heavy atom. The predicted octanol–water partition coefficient (Wildman–Crippen LogP) is 0.230. The molecule has 68 valence electrons. The summed E-state index contributed by atoms with van der Waals surface area (Å²) in [5, 5.41) is 0. The second kappa shape index (κ2) is 2.74. The number of nitrogen functional groups attached to an aromatic ring is 1. The zero-order valence-corrected chi connectivity index (χ0v) is 6.99. The minimum atomic E-state index is -0.591. The van der Waals surface area contributed by atoms with E-state index in [1.807, 2.05) is 0 Å². The van der Waals surface area contributed by atoms with E-state index in [0.29, 0.717) is 17.0 Å². The van der Waals surface area contributed by atoms with Crippen LogP contribution >= 0.6 is 0 Å². The monoisotopic (exact) mass is 178 g/mol. The van der Waals surface area contributed by atoms with Gasteiger partial charge in [-0.2, -0.15) is 0 Å². The largest absolute Gasteiger partial charge is 0.485 e. The van der Waals surface area contributed by atoms with Crippen LogP contribution < -0.4 is 16.2 Å². The van der Waals surface area contributed by atoms with Gasteiger partial charge in [-0.05, 0) is 18.2 Å². The molecule has 4 heteroatoms. The number of rotatable bonds is 0. The van der Waals surface area contributed by atoms with Gasteiger partial charge in [0.2, 0.25) is 0 Å². The van der Waals surface area contributed by atoms with Crippen molar-refractivity contribution in [2.45, 2.75) is 6.04 Å². The van der Waals surface area contributed by atoms with E-state index in [9.17, 15) is 4.79 Å². The molecule has 1 heterocycles. The van der Waals surface area contributed by atoms with Crippen molar-refractivity contribution in [3.05, 3.63) is 23.8 Å². The van der Waals surface area contributed by atoms with Gasteiger partial charge in [0.1, 0.15) is 12.4 Å². The molecular formula is C9H10N2O2. The summed E-state index contributed by atoms with van der Waals surface area (Å²) in [5.74, 6) is 0.541. The molecule has 0 aromatic heterocycles. The highest BCUT2D eigenvalue weighted by Gasteiger charge is 2.25. The molecule has 1 atom stereocenters. The summed E-state index contributed by atoms with van der Waals surface area (Å²) in [5.41, 5.74) is 12.5. The number of benzene rings is 1. The summed E-state index contributed by atoms with van der Waals surface area (Å²) in [7, 11) is 0. The number of carbonyl (C=O) groups excluding carboxylic acids is 1. The fraction of sp³-hybridized carbons (Fsp3) is 0.222. The molecule has 0 radical (unpaired) electrons. The minimum Gasteiger partial charge on any atom is -0.485 e.